The van der Waals surface area contributed by atoms with Gasteiger partial charge in [0.2, 0.25) is 0 Å². The molecule has 0 radical (unpaired) electrons. The zero-order chi connectivity index (χ0) is 16.2. The van der Waals surface area contributed by atoms with E-state index in [2.05, 4.69) is 37.6 Å². The van der Waals surface area contributed by atoms with Gasteiger partial charge in [-0.15, -0.1) is 0 Å². The van der Waals surface area contributed by atoms with Gasteiger partial charge >= 0.3 is 0 Å². The molecule has 1 aliphatic heterocycles. The van der Waals surface area contributed by atoms with Crippen molar-refractivity contribution in [2.45, 2.75) is 97.8 Å². The van der Waals surface area contributed by atoms with E-state index in [0.29, 0.717) is 0 Å². The van der Waals surface area contributed by atoms with Crippen LogP contribution < -0.4 is 0 Å². The fourth-order valence-electron chi connectivity index (χ4n) is 3.36. The Morgan fingerprint density at radius 3 is 1.55 bits per heavy atom. The smallest absolute Gasteiger partial charge is 0.0895 e. The molecule has 1 heterocycles. The third kappa shape index (κ3) is 7.56. The van der Waals surface area contributed by atoms with Crippen molar-refractivity contribution in [3.8, 4) is 0 Å². The minimum atomic E-state index is 1.09. The van der Waals surface area contributed by atoms with Gasteiger partial charge in [0, 0.05) is 25.0 Å². The molecular formula is C20H40N2. The molecular weight excluding hydrogens is 268 g/mol. The molecule has 2 nitrogen and oxygen atoms in total. The maximum Gasteiger partial charge on any atom is 0.0895 e. The predicted molar refractivity (Wildman–Crippen MR) is 98.8 cm³/mol. The zero-order valence-corrected chi connectivity index (χ0v) is 15.8. The van der Waals surface area contributed by atoms with Gasteiger partial charge < -0.3 is 9.80 Å². The molecule has 0 aromatic rings. The van der Waals surface area contributed by atoms with Crippen LogP contribution in [0.5, 0.6) is 0 Å². The summed E-state index contributed by atoms with van der Waals surface area (Å²) in [6.45, 7) is 9.12. The Balaban J connectivity index is 1.85. The molecule has 22 heavy (non-hydrogen) atoms. The molecule has 0 unspecified atom stereocenters. The lowest BCUT2D eigenvalue weighted by Gasteiger charge is -2.20. The average molecular weight is 309 g/mol. The SMILES string of the molecule is CCCCCCCCCCCCCCN1CN(C)C(C)=C1C. The monoisotopic (exact) mass is 308 g/mol. The average Bonchev–Trinajstić information content (AvgIpc) is 2.75. The van der Waals surface area contributed by atoms with E-state index in [1.807, 2.05) is 0 Å². The summed E-state index contributed by atoms with van der Waals surface area (Å²) >= 11 is 0. The molecule has 130 valence electrons. The maximum atomic E-state index is 2.53. The van der Waals surface area contributed by atoms with Crippen LogP contribution in [0.15, 0.2) is 11.4 Å². The van der Waals surface area contributed by atoms with Crippen LogP contribution >= 0.6 is 0 Å². The van der Waals surface area contributed by atoms with E-state index in [1.54, 1.807) is 0 Å². The van der Waals surface area contributed by atoms with Gasteiger partial charge in [-0.2, -0.15) is 0 Å². The fraction of sp³-hybridized carbons (Fsp3) is 0.900. The second-order valence-electron chi connectivity index (χ2n) is 7.16. The van der Waals surface area contributed by atoms with Gasteiger partial charge in [-0.05, 0) is 20.3 Å². The molecule has 1 aliphatic rings. The highest BCUT2D eigenvalue weighted by molar-refractivity contribution is 5.12. The highest BCUT2D eigenvalue weighted by Crippen LogP contribution is 2.21. The molecule has 0 bridgehead atoms. The Morgan fingerprint density at radius 2 is 1.14 bits per heavy atom. The Hall–Kier alpha value is -0.660. The zero-order valence-electron chi connectivity index (χ0n) is 15.8. The molecule has 0 saturated heterocycles. The molecule has 0 fully saturated rings. The molecule has 0 spiro atoms. The summed E-state index contributed by atoms with van der Waals surface area (Å²) < 4.78 is 0. The highest BCUT2D eigenvalue weighted by Gasteiger charge is 2.19. The molecule has 0 N–H and O–H groups in total. The quantitative estimate of drug-likeness (QED) is 0.377. The van der Waals surface area contributed by atoms with Crippen LogP contribution in [0, 0.1) is 0 Å². The Bertz CT molecular complexity index is 309. The predicted octanol–water partition coefficient (Wildman–Crippen LogP) is 6.14. The van der Waals surface area contributed by atoms with E-state index >= 15 is 0 Å². The van der Waals surface area contributed by atoms with Crippen LogP contribution in [0.4, 0.5) is 0 Å². The summed E-state index contributed by atoms with van der Waals surface area (Å²) in [5.74, 6) is 0. The highest BCUT2D eigenvalue weighted by atomic mass is 15.4. The molecule has 0 aliphatic carbocycles. The second kappa shape index (κ2) is 11.8. The Morgan fingerprint density at radius 1 is 0.682 bits per heavy atom. The van der Waals surface area contributed by atoms with E-state index in [9.17, 15) is 0 Å². The number of hydrogen-bond acceptors (Lipinski definition) is 2. The van der Waals surface area contributed by atoms with E-state index in [-0.39, 0.29) is 0 Å². The number of nitrogens with zero attached hydrogens (tertiary/aromatic N) is 2. The van der Waals surface area contributed by atoms with Gasteiger partial charge in [-0.1, -0.05) is 77.6 Å². The molecule has 0 aromatic carbocycles. The number of hydrogen-bond donors (Lipinski definition) is 0. The summed E-state index contributed by atoms with van der Waals surface area (Å²) in [7, 11) is 2.20. The lowest BCUT2D eigenvalue weighted by molar-refractivity contribution is 0.272. The van der Waals surface area contributed by atoms with Crippen molar-refractivity contribution >= 4 is 0 Å². The van der Waals surface area contributed by atoms with Crippen molar-refractivity contribution < 1.29 is 0 Å². The third-order valence-electron chi connectivity index (χ3n) is 5.23. The van der Waals surface area contributed by atoms with Crippen LogP contribution in [0.3, 0.4) is 0 Å². The molecule has 1 rings (SSSR count). The summed E-state index contributed by atoms with van der Waals surface area (Å²) in [5.41, 5.74) is 2.92. The number of rotatable bonds is 13. The maximum absolute atomic E-state index is 2.53. The van der Waals surface area contributed by atoms with Gasteiger partial charge in [-0.3, -0.25) is 0 Å². The fourth-order valence-corrected chi connectivity index (χ4v) is 3.36. The van der Waals surface area contributed by atoms with Crippen LogP contribution in [-0.4, -0.2) is 30.1 Å². The summed E-state index contributed by atoms with van der Waals surface area (Å²) in [6, 6.07) is 0. The Kier molecular flexibility index (Phi) is 10.4. The number of allylic oxidation sites excluding steroid dienone is 2. The van der Waals surface area contributed by atoms with Crippen molar-refractivity contribution in [3.05, 3.63) is 11.4 Å². The van der Waals surface area contributed by atoms with Gasteiger partial charge in [0.1, 0.15) is 0 Å². The topological polar surface area (TPSA) is 6.48 Å². The van der Waals surface area contributed by atoms with Gasteiger partial charge in [-0.25, -0.2) is 0 Å². The molecule has 0 amide bonds. The third-order valence-corrected chi connectivity index (χ3v) is 5.23. The van der Waals surface area contributed by atoms with E-state index in [1.165, 1.54) is 95.0 Å². The lowest BCUT2D eigenvalue weighted by Crippen LogP contribution is -2.25. The summed E-state index contributed by atoms with van der Waals surface area (Å²) in [4.78, 5) is 4.89. The first-order valence-electron chi connectivity index (χ1n) is 9.80. The summed E-state index contributed by atoms with van der Waals surface area (Å²) in [5, 5.41) is 0. The molecule has 0 saturated carbocycles. The molecule has 0 atom stereocenters. The minimum absolute atomic E-state index is 1.09. The van der Waals surface area contributed by atoms with Crippen molar-refractivity contribution in [2.24, 2.45) is 0 Å². The standard InChI is InChI=1S/C20H40N2/c1-5-6-7-8-9-10-11-12-13-14-15-16-17-22-18-21(4)19(2)20(22)3/h5-18H2,1-4H3. The van der Waals surface area contributed by atoms with E-state index < -0.39 is 0 Å². The van der Waals surface area contributed by atoms with Gasteiger partial charge in [0.05, 0.1) is 6.67 Å². The van der Waals surface area contributed by atoms with Crippen LogP contribution in [0.2, 0.25) is 0 Å². The normalized spacial score (nSPS) is 15.3. The first-order chi connectivity index (χ1) is 10.7. The second-order valence-corrected chi connectivity index (χ2v) is 7.16. The van der Waals surface area contributed by atoms with E-state index in [4.69, 9.17) is 0 Å². The largest absolute Gasteiger partial charge is 0.359 e. The molecule has 2 heteroatoms. The first-order valence-corrected chi connectivity index (χ1v) is 9.80. The number of unbranched alkanes of at least 4 members (excludes halogenated alkanes) is 11. The lowest BCUT2D eigenvalue weighted by atomic mass is 10.1. The van der Waals surface area contributed by atoms with Crippen LogP contribution in [0.25, 0.3) is 0 Å². The van der Waals surface area contributed by atoms with Crippen LogP contribution in [-0.2, 0) is 0 Å². The minimum Gasteiger partial charge on any atom is -0.359 e. The van der Waals surface area contributed by atoms with Crippen LogP contribution in [0.1, 0.15) is 97.8 Å². The van der Waals surface area contributed by atoms with Gasteiger partial charge in [0.25, 0.3) is 0 Å². The summed E-state index contributed by atoms with van der Waals surface area (Å²) in [6.07, 6.45) is 17.2. The van der Waals surface area contributed by atoms with Gasteiger partial charge in [0.15, 0.2) is 0 Å². The van der Waals surface area contributed by atoms with Crippen molar-refractivity contribution in [1.82, 2.24) is 9.80 Å². The van der Waals surface area contributed by atoms with Crippen molar-refractivity contribution in [1.29, 1.82) is 0 Å². The van der Waals surface area contributed by atoms with Crippen molar-refractivity contribution in [3.63, 3.8) is 0 Å². The Labute approximate surface area is 139 Å². The van der Waals surface area contributed by atoms with Crippen molar-refractivity contribution in [2.75, 3.05) is 20.3 Å². The van der Waals surface area contributed by atoms with E-state index in [0.717, 1.165) is 6.67 Å². The molecule has 0 aromatic heterocycles. The first kappa shape index (κ1) is 19.4.